The first-order valence-corrected chi connectivity index (χ1v) is 8.15. The minimum Gasteiger partial charge on any atom is -0.506 e. The lowest BCUT2D eigenvalue weighted by molar-refractivity contribution is -0.140. The van der Waals surface area contributed by atoms with Gasteiger partial charge >= 0.3 is 6.18 Å². The fraction of sp³-hybridized carbons (Fsp3) is 0.316. The summed E-state index contributed by atoms with van der Waals surface area (Å²) in [5.74, 6) is -2.16. The van der Waals surface area contributed by atoms with Crippen molar-refractivity contribution in [2.45, 2.75) is 39.1 Å². The number of rotatable bonds is 7. The number of Topliss-reactive ketones (excluding diaryl/α,β-unsaturated/α-hetero) is 1. The van der Waals surface area contributed by atoms with Crippen LogP contribution in [0, 0.1) is 0 Å². The molecule has 2 aromatic carbocycles. The Bertz CT molecular complexity index is 777. The third-order valence-electron chi connectivity index (χ3n) is 3.85. The largest absolute Gasteiger partial charge is 0.506 e. The van der Waals surface area contributed by atoms with E-state index in [-0.39, 0.29) is 31.0 Å². The van der Waals surface area contributed by atoms with Crippen LogP contribution in [0.15, 0.2) is 36.4 Å². The zero-order chi connectivity index (χ0) is 19.3. The van der Waals surface area contributed by atoms with Gasteiger partial charge in [0, 0.05) is 13.0 Å². The standard InChI is InChI=1S/C19H20F3NO3.ClH/c1-2-3-15(24)14-8-9-16(17(18(14)25)19(20,21)22)26-11-13-6-4-12(10-23)5-7-13;/h4-9,25H,2-3,10-11,23H2,1H3;1H. The van der Waals surface area contributed by atoms with E-state index in [1.54, 1.807) is 31.2 Å². The number of phenols is 1. The maximum Gasteiger partial charge on any atom is 0.423 e. The van der Waals surface area contributed by atoms with E-state index in [2.05, 4.69) is 0 Å². The number of benzene rings is 2. The van der Waals surface area contributed by atoms with Crippen LogP contribution >= 0.6 is 12.4 Å². The first-order chi connectivity index (χ1) is 12.3. The van der Waals surface area contributed by atoms with Crippen LogP contribution in [0.2, 0.25) is 0 Å². The molecule has 4 nitrogen and oxygen atoms in total. The Morgan fingerprint density at radius 1 is 1.11 bits per heavy atom. The van der Waals surface area contributed by atoms with Crippen molar-refractivity contribution in [1.29, 1.82) is 0 Å². The summed E-state index contributed by atoms with van der Waals surface area (Å²) >= 11 is 0. The van der Waals surface area contributed by atoms with E-state index in [4.69, 9.17) is 10.5 Å². The zero-order valence-electron chi connectivity index (χ0n) is 14.7. The highest BCUT2D eigenvalue weighted by atomic mass is 35.5. The molecule has 8 heteroatoms. The van der Waals surface area contributed by atoms with Crippen LogP contribution < -0.4 is 10.5 Å². The van der Waals surface area contributed by atoms with Gasteiger partial charge in [0.2, 0.25) is 0 Å². The van der Waals surface area contributed by atoms with Gasteiger partial charge in [-0.1, -0.05) is 31.2 Å². The van der Waals surface area contributed by atoms with Gasteiger partial charge in [0.1, 0.15) is 23.7 Å². The average Bonchev–Trinajstić information content (AvgIpc) is 2.59. The van der Waals surface area contributed by atoms with Gasteiger partial charge in [-0.25, -0.2) is 0 Å². The maximum absolute atomic E-state index is 13.4. The number of aromatic hydroxyl groups is 1. The SMILES string of the molecule is CCCC(=O)c1ccc(OCc2ccc(CN)cc2)c(C(F)(F)F)c1O.Cl. The number of nitrogens with two attached hydrogens (primary N) is 1. The summed E-state index contributed by atoms with van der Waals surface area (Å²) in [5, 5.41) is 10.0. The van der Waals surface area contributed by atoms with Crippen LogP contribution in [-0.4, -0.2) is 10.9 Å². The number of phenolic OH excluding ortho intramolecular Hbond substituents is 1. The van der Waals surface area contributed by atoms with E-state index < -0.39 is 29.0 Å². The number of halogens is 4. The summed E-state index contributed by atoms with van der Waals surface area (Å²) in [5.41, 5.74) is 5.36. The molecule has 0 atom stereocenters. The van der Waals surface area contributed by atoms with Crippen molar-refractivity contribution in [3.05, 3.63) is 58.7 Å². The van der Waals surface area contributed by atoms with Gasteiger partial charge in [-0.3, -0.25) is 4.79 Å². The molecular formula is C19H21ClF3NO3. The van der Waals surface area contributed by atoms with Crippen LogP contribution in [0.1, 0.15) is 46.8 Å². The van der Waals surface area contributed by atoms with Gasteiger partial charge in [0.05, 0.1) is 5.56 Å². The smallest absolute Gasteiger partial charge is 0.423 e. The molecule has 148 valence electrons. The highest BCUT2D eigenvalue weighted by Crippen LogP contribution is 2.44. The van der Waals surface area contributed by atoms with E-state index in [1.807, 2.05) is 0 Å². The zero-order valence-corrected chi connectivity index (χ0v) is 15.5. The Kier molecular flexibility index (Phi) is 8.12. The van der Waals surface area contributed by atoms with Crippen molar-refractivity contribution in [3.63, 3.8) is 0 Å². The molecule has 0 radical (unpaired) electrons. The predicted molar refractivity (Wildman–Crippen MR) is 98.3 cm³/mol. The van der Waals surface area contributed by atoms with E-state index in [0.717, 1.165) is 17.7 Å². The van der Waals surface area contributed by atoms with Crippen molar-refractivity contribution in [2.75, 3.05) is 0 Å². The number of alkyl halides is 3. The van der Waals surface area contributed by atoms with Crippen LogP contribution in [0.4, 0.5) is 13.2 Å². The van der Waals surface area contributed by atoms with Crippen molar-refractivity contribution >= 4 is 18.2 Å². The molecule has 0 saturated heterocycles. The second-order valence-electron chi connectivity index (χ2n) is 5.82. The molecule has 2 rings (SSSR count). The first kappa shape index (κ1) is 22.8. The number of ether oxygens (including phenoxy) is 1. The number of hydrogen-bond acceptors (Lipinski definition) is 4. The van der Waals surface area contributed by atoms with Gasteiger partial charge in [0.15, 0.2) is 5.78 Å². The number of ketones is 1. The van der Waals surface area contributed by atoms with Crippen molar-refractivity contribution < 1.29 is 27.8 Å². The summed E-state index contributed by atoms with van der Waals surface area (Å²) < 4.78 is 45.5. The van der Waals surface area contributed by atoms with Gasteiger partial charge < -0.3 is 15.6 Å². The lowest BCUT2D eigenvalue weighted by Crippen LogP contribution is -2.12. The Hall–Kier alpha value is -2.25. The number of carbonyl (C=O) groups excluding carboxylic acids is 1. The van der Waals surface area contributed by atoms with E-state index in [1.165, 1.54) is 0 Å². The molecule has 2 aromatic rings. The summed E-state index contributed by atoms with van der Waals surface area (Å²) in [6.45, 7) is 1.98. The Morgan fingerprint density at radius 2 is 1.70 bits per heavy atom. The number of carbonyl (C=O) groups is 1. The van der Waals surface area contributed by atoms with Crippen LogP contribution in [0.25, 0.3) is 0 Å². The Morgan fingerprint density at radius 3 is 2.22 bits per heavy atom. The van der Waals surface area contributed by atoms with Crippen LogP contribution in [0.5, 0.6) is 11.5 Å². The molecule has 0 heterocycles. The van der Waals surface area contributed by atoms with Gasteiger partial charge in [-0.2, -0.15) is 13.2 Å². The molecule has 0 fully saturated rings. The third kappa shape index (κ3) is 5.61. The van der Waals surface area contributed by atoms with Crippen LogP contribution in [-0.2, 0) is 19.3 Å². The number of hydrogen-bond donors (Lipinski definition) is 2. The predicted octanol–water partition coefficient (Wildman–Crippen LogP) is 4.85. The summed E-state index contributed by atoms with van der Waals surface area (Å²) in [7, 11) is 0. The Balaban J connectivity index is 0.00000364. The van der Waals surface area contributed by atoms with Crippen molar-refractivity contribution in [1.82, 2.24) is 0 Å². The molecule has 0 bridgehead atoms. The minimum atomic E-state index is -4.86. The topological polar surface area (TPSA) is 72.5 Å². The van der Waals surface area contributed by atoms with E-state index in [9.17, 15) is 23.1 Å². The normalized spacial score (nSPS) is 11.0. The second kappa shape index (κ2) is 9.62. The molecule has 0 saturated carbocycles. The van der Waals surface area contributed by atoms with Crippen molar-refractivity contribution in [2.24, 2.45) is 5.73 Å². The maximum atomic E-state index is 13.4. The molecule has 27 heavy (non-hydrogen) atoms. The summed E-state index contributed by atoms with van der Waals surface area (Å²) in [6, 6.07) is 9.15. The van der Waals surface area contributed by atoms with E-state index in [0.29, 0.717) is 18.5 Å². The highest BCUT2D eigenvalue weighted by molar-refractivity contribution is 5.99. The quantitative estimate of drug-likeness (QED) is 0.648. The van der Waals surface area contributed by atoms with Crippen molar-refractivity contribution in [3.8, 4) is 11.5 Å². The lowest BCUT2D eigenvalue weighted by atomic mass is 10.0. The molecule has 0 aliphatic rings. The lowest BCUT2D eigenvalue weighted by Gasteiger charge is -2.17. The van der Waals surface area contributed by atoms with Crippen LogP contribution in [0.3, 0.4) is 0 Å². The molecule has 0 aliphatic heterocycles. The van der Waals surface area contributed by atoms with E-state index >= 15 is 0 Å². The summed E-state index contributed by atoms with van der Waals surface area (Å²) in [6.07, 6.45) is -4.33. The Labute approximate surface area is 161 Å². The van der Waals surface area contributed by atoms with Gasteiger partial charge in [-0.05, 0) is 29.7 Å². The second-order valence-corrected chi connectivity index (χ2v) is 5.82. The molecule has 0 aliphatic carbocycles. The monoisotopic (exact) mass is 403 g/mol. The first-order valence-electron chi connectivity index (χ1n) is 8.15. The molecule has 0 unspecified atom stereocenters. The molecule has 0 spiro atoms. The molecule has 0 amide bonds. The fourth-order valence-corrected chi connectivity index (χ4v) is 2.49. The molecule has 0 aromatic heterocycles. The minimum absolute atomic E-state index is 0. The highest BCUT2D eigenvalue weighted by Gasteiger charge is 2.39. The molecule has 3 N–H and O–H groups in total. The third-order valence-corrected chi connectivity index (χ3v) is 3.85. The fourth-order valence-electron chi connectivity index (χ4n) is 2.49. The van der Waals surface area contributed by atoms with Gasteiger partial charge in [0.25, 0.3) is 0 Å². The summed E-state index contributed by atoms with van der Waals surface area (Å²) in [4.78, 5) is 11.9. The average molecular weight is 404 g/mol. The van der Waals surface area contributed by atoms with Gasteiger partial charge in [-0.15, -0.1) is 12.4 Å². The molecular weight excluding hydrogens is 383 g/mol.